The summed E-state index contributed by atoms with van der Waals surface area (Å²) in [5.41, 5.74) is 0.814. The highest BCUT2D eigenvalue weighted by Gasteiger charge is 2.30. The molecule has 1 heterocycles. The van der Waals surface area contributed by atoms with Crippen LogP contribution in [0.4, 0.5) is 5.82 Å². The summed E-state index contributed by atoms with van der Waals surface area (Å²) in [4.78, 5) is 17.8. The predicted octanol–water partition coefficient (Wildman–Crippen LogP) is 3.94. The average Bonchev–Trinajstić information content (AvgIpc) is 2.74. The zero-order valence-electron chi connectivity index (χ0n) is 10.9. The summed E-state index contributed by atoms with van der Waals surface area (Å²) in [5, 5.41) is 11.7. The molecular formula is C13H14ClN3O2. The van der Waals surface area contributed by atoms with Crippen LogP contribution in [-0.4, -0.2) is 14.9 Å². The van der Waals surface area contributed by atoms with E-state index in [0.29, 0.717) is 16.5 Å². The number of rotatable bonds is 2. The summed E-state index contributed by atoms with van der Waals surface area (Å²) in [6.45, 7) is 5.67. The summed E-state index contributed by atoms with van der Waals surface area (Å²) in [7, 11) is 0. The molecule has 0 spiro atoms. The van der Waals surface area contributed by atoms with Gasteiger partial charge < -0.3 is 10.1 Å². The van der Waals surface area contributed by atoms with Crippen LogP contribution < -0.4 is 0 Å². The third-order valence-corrected chi connectivity index (χ3v) is 2.95. The van der Waals surface area contributed by atoms with Crippen molar-refractivity contribution in [2.45, 2.75) is 26.2 Å². The fourth-order valence-corrected chi connectivity index (χ4v) is 1.89. The van der Waals surface area contributed by atoms with Crippen molar-refractivity contribution in [3.8, 4) is 11.4 Å². The number of nitro groups is 1. The summed E-state index contributed by atoms with van der Waals surface area (Å²) in [6.07, 6.45) is 0. The Kier molecular flexibility index (Phi) is 3.32. The van der Waals surface area contributed by atoms with E-state index in [4.69, 9.17) is 11.6 Å². The van der Waals surface area contributed by atoms with Crippen LogP contribution in [0.15, 0.2) is 24.3 Å². The van der Waals surface area contributed by atoms with E-state index in [-0.39, 0.29) is 5.82 Å². The highest BCUT2D eigenvalue weighted by molar-refractivity contribution is 6.30. The van der Waals surface area contributed by atoms with Gasteiger partial charge in [-0.05, 0) is 29.2 Å². The van der Waals surface area contributed by atoms with Gasteiger partial charge in [-0.2, -0.15) is 0 Å². The molecule has 1 N–H and O–H groups in total. The van der Waals surface area contributed by atoms with Crippen molar-refractivity contribution in [2.24, 2.45) is 0 Å². The molecule has 0 saturated heterocycles. The van der Waals surface area contributed by atoms with Gasteiger partial charge in [0.15, 0.2) is 0 Å². The number of nitrogens with one attached hydrogen (secondary N) is 1. The van der Waals surface area contributed by atoms with Crippen LogP contribution in [0.5, 0.6) is 0 Å². The topological polar surface area (TPSA) is 71.8 Å². The van der Waals surface area contributed by atoms with Crippen LogP contribution in [-0.2, 0) is 5.41 Å². The van der Waals surface area contributed by atoms with Gasteiger partial charge in [0.2, 0.25) is 5.82 Å². The molecule has 0 unspecified atom stereocenters. The van der Waals surface area contributed by atoms with Crippen LogP contribution in [0.1, 0.15) is 26.5 Å². The van der Waals surface area contributed by atoms with Crippen molar-refractivity contribution in [2.75, 3.05) is 0 Å². The Hall–Kier alpha value is -1.88. The van der Waals surface area contributed by atoms with Crippen LogP contribution in [0.2, 0.25) is 5.02 Å². The molecule has 19 heavy (non-hydrogen) atoms. The zero-order chi connectivity index (χ0) is 14.2. The number of nitrogens with zero attached hydrogens (tertiary/aromatic N) is 2. The summed E-state index contributed by atoms with van der Waals surface area (Å²) in [6, 6.07) is 7.00. The number of halogens is 1. The lowest BCUT2D eigenvalue weighted by molar-refractivity contribution is -0.390. The first kappa shape index (κ1) is 13.5. The largest absolute Gasteiger partial charge is 0.358 e. The normalized spacial score (nSPS) is 11.6. The molecule has 0 amide bonds. The Bertz CT molecular complexity index is 612. The van der Waals surface area contributed by atoms with Gasteiger partial charge in [0, 0.05) is 16.0 Å². The van der Waals surface area contributed by atoms with E-state index < -0.39 is 10.3 Å². The minimum Gasteiger partial charge on any atom is -0.358 e. The molecule has 6 heteroatoms. The maximum absolute atomic E-state index is 11.1. The number of benzene rings is 1. The Morgan fingerprint density at radius 1 is 1.26 bits per heavy atom. The van der Waals surface area contributed by atoms with Gasteiger partial charge in [0.05, 0.1) is 0 Å². The number of imidazole rings is 1. The first-order valence-electron chi connectivity index (χ1n) is 5.80. The molecule has 0 aliphatic carbocycles. The van der Waals surface area contributed by atoms with Crippen molar-refractivity contribution in [1.82, 2.24) is 9.97 Å². The lowest BCUT2D eigenvalue weighted by Crippen LogP contribution is -2.13. The maximum atomic E-state index is 11.1. The molecule has 2 aromatic rings. The fourth-order valence-electron chi connectivity index (χ4n) is 1.76. The highest BCUT2D eigenvalue weighted by atomic mass is 35.5. The highest BCUT2D eigenvalue weighted by Crippen LogP contribution is 2.32. The minimum absolute atomic E-state index is 0.0579. The van der Waals surface area contributed by atoms with Gasteiger partial charge >= 0.3 is 5.82 Å². The van der Waals surface area contributed by atoms with E-state index in [0.717, 1.165) is 5.56 Å². The number of hydrogen-bond donors (Lipinski definition) is 1. The quantitative estimate of drug-likeness (QED) is 0.668. The van der Waals surface area contributed by atoms with Gasteiger partial charge in [-0.15, -0.1) is 0 Å². The molecule has 0 aliphatic heterocycles. The molecule has 2 rings (SSSR count). The van der Waals surface area contributed by atoms with Gasteiger partial charge in [0.1, 0.15) is 5.69 Å². The molecule has 0 aliphatic rings. The Morgan fingerprint density at radius 2 is 1.84 bits per heavy atom. The van der Waals surface area contributed by atoms with Gasteiger partial charge in [-0.25, -0.2) is 9.97 Å². The lowest BCUT2D eigenvalue weighted by atomic mass is 9.92. The molecule has 100 valence electrons. The first-order chi connectivity index (χ1) is 8.79. The Balaban J connectivity index is 2.55. The number of aromatic nitrogens is 2. The number of H-pyrrole nitrogens is 1. The van der Waals surface area contributed by atoms with Crippen molar-refractivity contribution in [3.63, 3.8) is 0 Å². The summed E-state index contributed by atoms with van der Waals surface area (Å²) in [5.74, 6) is 0.422. The summed E-state index contributed by atoms with van der Waals surface area (Å²) < 4.78 is 0. The second kappa shape index (κ2) is 4.66. The summed E-state index contributed by atoms with van der Waals surface area (Å²) >= 11 is 5.82. The van der Waals surface area contributed by atoms with Crippen molar-refractivity contribution in [1.29, 1.82) is 0 Å². The van der Waals surface area contributed by atoms with Gasteiger partial charge in [0.25, 0.3) is 0 Å². The van der Waals surface area contributed by atoms with E-state index in [2.05, 4.69) is 9.97 Å². The smallest absolute Gasteiger partial charge is 0.344 e. The van der Waals surface area contributed by atoms with Crippen LogP contribution in [0, 0.1) is 10.1 Å². The van der Waals surface area contributed by atoms with Crippen molar-refractivity contribution in [3.05, 3.63) is 45.1 Å². The second-order valence-electron chi connectivity index (χ2n) is 5.30. The van der Waals surface area contributed by atoms with E-state index >= 15 is 0 Å². The molecule has 0 radical (unpaired) electrons. The molecule has 1 aromatic heterocycles. The van der Waals surface area contributed by atoms with E-state index in [9.17, 15) is 10.1 Å². The van der Waals surface area contributed by atoms with Crippen molar-refractivity contribution >= 4 is 17.4 Å². The van der Waals surface area contributed by atoms with E-state index in [1.807, 2.05) is 20.8 Å². The minimum atomic E-state index is -0.437. The van der Waals surface area contributed by atoms with E-state index in [1.165, 1.54) is 0 Å². The fraction of sp³-hybridized carbons (Fsp3) is 0.308. The molecule has 0 bridgehead atoms. The van der Waals surface area contributed by atoms with Gasteiger partial charge in [-0.3, -0.25) is 0 Å². The maximum Gasteiger partial charge on any atom is 0.344 e. The van der Waals surface area contributed by atoms with Crippen LogP contribution >= 0.6 is 11.6 Å². The molecule has 0 atom stereocenters. The van der Waals surface area contributed by atoms with E-state index in [1.54, 1.807) is 24.3 Å². The van der Waals surface area contributed by atoms with Gasteiger partial charge in [-0.1, -0.05) is 32.4 Å². The first-order valence-corrected chi connectivity index (χ1v) is 6.17. The number of aromatic amines is 1. The Morgan fingerprint density at radius 3 is 2.26 bits per heavy atom. The monoisotopic (exact) mass is 279 g/mol. The van der Waals surface area contributed by atoms with Crippen LogP contribution in [0.25, 0.3) is 11.4 Å². The standard InChI is InChI=1S/C13H14ClN3O2/c1-13(2,3)10-12(17(18)19)16-11(15-10)8-4-6-9(14)7-5-8/h4-7H,1-3H3,(H,15,16). The Labute approximate surface area is 115 Å². The average molecular weight is 280 g/mol. The third-order valence-electron chi connectivity index (χ3n) is 2.70. The van der Waals surface area contributed by atoms with Crippen molar-refractivity contribution < 1.29 is 4.92 Å². The second-order valence-corrected chi connectivity index (χ2v) is 5.73. The molecule has 0 fully saturated rings. The molecule has 5 nitrogen and oxygen atoms in total. The number of hydrogen-bond acceptors (Lipinski definition) is 3. The molecule has 0 saturated carbocycles. The SMILES string of the molecule is CC(C)(C)c1nc(-c2ccc(Cl)cc2)[nH]c1[N+](=O)[O-]. The predicted molar refractivity (Wildman–Crippen MR) is 74.4 cm³/mol. The third kappa shape index (κ3) is 2.76. The molecule has 1 aromatic carbocycles. The molecular weight excluding hydrogens is 266 g/mol. The van der Waals surface area contributed by atoms with Crippen LogP contribution in [0.3, 0.4) is 0 Å². The lowest BCUT2D eigenvalue weighted by Gasteiger charge is -2.13. The zero-order valence-corrected chi connectivity index (χ0v) is 11.7.